The topological polar surface area (TPSA) is 3.88 Å². The van der Waals surface area contributed by atoms with Gasteiger partial charge in [-0.05, 0) is 6.07 Å². The van der Waals surface area contributed by atoms with Crippen molar-refractivity contribution in [3.63, 3.8) is 0 Å². The van der Waals surface area contributed by atoms with Crippen molar-refractivity contribution in [1.82, 2.24) is 0 Å². The molecule has 0 unspecified atom stereocenters. The molecular formula is C6H7BF5N. The second kappa shape index (κ2) is 4.79. The number of hydrogen-bond donors (Lipinski definition) is 0. The second-order valence-electron chi connectivity index (χ2n) is 2.15. The van der Waals surface area contributed by atoms with Gasteiger partial charge in [0.1, 0.15) is 0 Å². The van der Waals surface area contributed by atoms with Gasteiger partial charge in [0, 0.05) is 23.8 Å². The van der Waals surface area contributed by atoms with Crippen molar-refractivity contribution in [1.29, 1.82) is 0 Å². The Kier molecular flexibility index (Phi) is 4.37. The fraction of sp³-hybridized carbons (Fsp3) is 0.167. The SMILES string of the molecule is Cc1cccc[n+]1F.F[B-](F)(F)F. The summed E-state index contributed by atoms with van der Waals surface area (Å²) in [6.45, 7) is 1.71. The van der Waals surface area contributed by atoms with Crippen molar-refractivity contribution in [2.45, 2.75) is 6.92 Å². The molecule has 1 rings (SSSR count). The van der Waals surface area contributed by atoms with E-state index in [2.05, 4.69) is 0 Å². The maximum atomic E-state index is 12.2. The molecule has 0 saturated carbocycles. The van der Waals surface area contributed by atoms with Crippen LogP contribution in [0, 0.1) is 6.92 Å². The maximum Gasteiger partial charge on any atom is 0.673 e. The van der Waals surface area contributed by atoms with E-state index >= 15 is 0 Å². The van der Waals surface area contributed by atoms with E-state index in [1.165, 1.54) is 6.20 Å². The number of aromatic nitrogens is 1. The Morgan fingerprint density at radius 1 is 1.15 bits per heavy atom. The molecule has 0 radical (unpaired) electrons. The number of hydrogen-bond acceptors (Lipinski definition) is 0. The predicted molar refractivity (Wildman–Crippen MR) is 38.1 cm³/mol. The summed E-state index contributed by atoms with van der Waals surface area (Å²) in [5.74, 6) is 0. The molecule has 1 aromatic rings. The molecule has 0 aliphatic rings. The molecule has 0 aliphatic carbocycles. The van der Waals surface area contributed by atoms with Gasteiger partial charge in [0.15, 0.2) is 0 Å². The lowest BCUT2D eigenvalue weighted by atomic mass is 10.3. The van der Waals surface area contributed by atoms with Gasteiger partial charge in [0.25, 0.3) is 0 Å². The van der Waals surface area contributed by atoms with E-state index < -0.39 is 7.25 Å². The largest absolute Gasteiger partial charge is 0.673 e. The molecule has 1 heterocycles. The number of nitrogens with zero attached hydrogens (tertiary/aromatic N) is 1. The maximum absolute atomic E-state index is 12.2. The van der Waals surface area contributed by atoms with E-state index in [1.54, 1.807) is 25.1 Å². The molecule has 7 heteroatoms. The highest BCUT2D eigenvalue weighted by molar-refractivity contribution is 6.50. The minimum Gasteiger partial charge on any atom is -0.418 e. The highest BCUT2D eigenvalue weighted by atomic mass is 19.5. The summed E-state index contributed by atoms with van der Waals surface area (Å²) in [6, 6.07) is 5.15. The first-order valence-electron chi connectivity index (χ1n) is 3.31. The smallest absolute Gasteiger partial charge is 0.418 e. The molecule has 0 N–H and O–H groups in total. The molecule has 74 valence electrons. The van der Waals surface area contributed by atoms with E-state index in [0.717, 1.165) is 0 Å². The highest BCUT2D eigenvalue weighted by Crippen LogP contribution is 2.06. The summed E-state index contributed by atoms with van der Waals surface area (Å²) in [7, 11) is -6.00. The number of rotatable bonds is 0. The fourth-order valence-electron chi connectivity index (χ4n) is 0.509. The zero-order valence-corrected chi connectivity index (χ0v) is 6.72. The first kappa shape index (κ1) is 11.9. The van der Waals surface area contributed by atoms with Crippen molar-refractivity contribution >= 4 is 7.25 Å². The Morgan fingerprint density at radius 2 is 1.62 bits per heavy atom. The standard InChI is InChI=1S/C6H7FN.BF4/c1-6-4-2-3-5-8(6)7;2-1(3,4)5/h2-5H,1H3;/q+1;-1. The Labute approximate surface area is 71.8 Å². The summed E-state index contributed by atoms with van der Waals surface area (Å²) in [5.41, 5.74) is 0.618. The zero-order chi connectivity index (χ0) is 10.5. The van der Waals surface area contributed by atoms with Crippen LogP contribution in [0.4, 0.5) is 21.7 Å². The van der Waals surface area contributed by atoms with Gasteiger partial charge in [-0.1, -0.05) is 0 Å². The second-order valence-corrected chi connectivity index (χ2v) is 2.15. The van der Waals surface area contributed by atoms with E-state index in [4.69, 9.17) is 0 Å². The summed E-state index contributed by atoms with van der Waals surface area (Å²) < 4.78 is 51.2. The first-order chi connectivity index (χ1) is 5.80. The summed E-state index contributed by atoms with van der Waals surface area (Å²) in [5, 5.41) is 0. The van der Waals surface area contributed by atoms with Crippen molar-refractivity contribution in [2.75, 3.05) is 0 Å². The lowest BCUT2D eigenvalue weighted by Crippen LogP contribution is -2.24. The van der Waals surface area contributed by atoms with Crippen molar-refractivity contribution in [3.05, 3.63) is 30.1 Å². The van der Waals surface area contributed by atoms with Crippen LogP contribution in [-0.2, 0) is 0 Å². The third-order valence-electron chi connectivity index (χ3n) is 1.00. The number of halogens is 5. The van der Waals surface area contributed by atoms with Crippen LogP contribution in [0.5, 0.6) is 0 Å². The van der Waals surface area contributed by atoms with Crippen molar-refractivity contribution in [3.8, 4) is 0 Å². The summed E-state index contributed by atoms with van der Waals surface area (Å²) >= 11 is 0. The molecule has 13 heavy (non-hydrogen) atoms. The van der Waals surface area contributed by atoms with Crippen molar-refractivity contribution < 1.29 is 26.5 Å². The number of aryl methyl sites for hydroxylation is 1. The van der Waals surface area contributed by atoms with Crippen LogP contribution in [0.25, 0.3) is 0 Å². The third-order valence-corrected chi connectivity index (χ3v) is 1.00. The minimum atomic E-state index is -6.00. The van der Waals surface area contributed by atoms with Gasteiger partial charge in [-0.25, -0.2) is 0 Å². The summed E-state index contributed by atoms with van der Waals surface area (Å²) in [6.07, 6.45) is 1.37. The molecule has 1 aromatic heterocycles. The van der Waals surface area contributed by atoms with Gasteiger partial charge < -0.3 is 17.3 Å². The Morgan fingerprint density at radius 3 is 1.85 bits per heavy atom. The fourth-order valence-corrected chi connectivity index (χ4v) is 0.509. The molecular weight excluding hydrogens is 192 g/mol. The Bertz CT molecular complexity index is 234. The van der Waals surface area contributed by atoms with E-state index in [-0.39, 0.29) is 0 Å². The van der Waals surface area contributed by atoms with Crippen LogP contribution < -0.4 is 4.79 Å². The molecule has 0 amide bonds. The quantitative estimate of drug-likeness (QED) is 0.445. The average Bonchev–Trinajstić information content (AvgIpc) is 1.92. The van der Waals surface area contributed by atoms with E-state index in [1.807, 2.05) is 0 Å². The third kappa shape index (κ3) is 8.77. The minimum absolute atomic E-state index is 0.583. The van der Waals surface area contributed by atoms with Gasteiger partial charge in [-0.3, -0.25) is 0 Å². The van der Waals surface area contributed by atoms with Gasteiger partial charge in [-0.15, -0.1) is 0 Å². The number of pyridine rings is 1. The molecule has 0 aromatic carbocycles. The molecule has 0 bridgehead atoms. The Hall–Kier alpha value is -1.14. The molecule has 0 fully saturated rings. The zero-order valence-electron chi connectivity index (χ0n) is 6.72. The first-order valence-corrected chi connectivity index (χ1v) is 3.31. The van der Waals surface area contributed by atoms with Crippen LogP contribution in [0.2, 0.25) is 0 Å². The van der Waals surface area contributed by atoms with Crippen LogP contribution in [0.1, 0.15) is 5.69 Å². The van der Waals surface area contributed by atoms with Gasteiger partial charge in [0.05, 0.1) is 4.48 Å². The van der Waals surface area contributed by atoms with Gasteiger partial charge in [0.2, 0.25) is 11.9 Å². The van der Waals surface area contributed by atoms with Crippen LogP contribution in [0.15, 0.2) is 24.4 Å². The van der Waals surface area contributed by atoms with Gasteiger partial charge in [-0.2, -0.15) is 0 Å². The molecule has 1 nitrogen and oxygen atoms in total. The molecule has 0 aliphatic heterocycles. The molecule has 0 saturated heterocycles. The monoisotopic (exact) mass is 199 g/mol. The predicted octanol–water partition coefficient (Wildman–Crippen LogP) is 2.32. The van der Waals surface area contributed by atoms with Crippen LogP contribution in [0.3, 0.4) is 0 Å². The van der Waals surface area contributed by atoms with E-state index in [0.29, 0.717) is 10.5 Å². The highest BCUT2D eigenvalue weighted by Gasteiger charge is 2.20. The molecule has 0 atom stereocenters. The average molecular weight is 199 g/mol. The van der Waals surface area contributed by atoms with Gasteiger partial charge >= 0.3 is 7.25 Å². The van der Waals surface area contributed by atoms with Crippen LogP contribution in [-0.4, -0.2) is 7.25 Å². The Balaban J connectivity index is 0.000000252. The lowest BCUT2D eigenvalue weighted by molar-refractivity contribution is -0.848. The van der Waals surface area contributed by atoms with Crippen LogP contribution >= 0.6 is 0 Å². The molecule has 0 spiro atoms. The van der Waals surface area contributed by atoms with E-state index in [9.17, 15) is 21.7 Å². The summed E-state index contributed by atoms with van der Waals surface area (Å²) in [4.78, 5) is 0.583. The normalized spacial score (nSPS) is 10.3. The van der Waals surface area contributed by atoms with Crippen molar-refractivity contribution in [2.24, 2.45) is 0 Å². The lowest BCUT2D eigenvalue weighted by Gasteiger charge is -1.94.